The van der Waals surface area contributed by atoms with Crippen LogP contribution in [0.25, 0.3) is 21.5 Å². The number of hydrazone groups is 1. The zero-order valence-corrected chi connectivity index (χ0v) is 17.3. The fraction of sp³-hybridized carbons (Fsp3) is 0.154. The zero-order valence-electron chi connectivity index (χ0n) is 17.3. The molecule has 0 bridgehead atoms. The van der Waals surface area contributed by atoms with Crippen molar-refractivity contribution >= 4 is 39.4 Å². The Morgan fingerprint density at radius 3 is 2.00 bits per heavy atom. The van der Waals surface area contributed by atoms with Crippen LogP contribution in [0.15, 0.2) is 84.0 Å². The van der Waals surface area contributed by atoms with Gasteiger partial charge in [0, 0.05) is 29.9 Å². The van der Waals surface area contributed by atoms with Crippen LogP contribution in [0.3, 0.4) is 0 Å². The van der Waals surface area contributed by atoms with Crippen molar-refractivity contribution in [1.29, 1.82) is 0 Å². The smallest absolute Gasteiger partial charge is 0.271 e. The summed E-state index contributed by atoms with van der Waals surface area (Å²) < 4.78 is 0. The number of carbonyl (C=O) groups excluding carboxylic acids is 1. The van der Waals surface area contributed by atoms with Crippen LogP contribution in [0, 0.1) is 0 Å². The van der Waals surface area contributed by atoms with E-state index in [2.05, 4.69) is 59.6 Å². The second-order valence-corrected chi connectivity index (χ2v) is 7.15. The molecule has 30 heavy (non-hydrogen) atoms. The highest BCUT2D eigenvalue weighted by Gasteiger charge is 2.08. The minimum Gasteiger partial charge on any atom is -0.372 e. The number of hydrogen-bond acceptors (Lipinski definition) is 3. The first-order chi connectivity index (χ1) is 14.7. The molecule has 4 nitrogen and oxygen atoms in total. The van der Waals surface area contributed by atoms with E-state index in [4.69, 9.17) is 0 Å². The van der Waals surface area contributed by atoms with Crippen LogP contribution in [-0.4, -0.2) is 25.2 Å². The van der Waals surface area contributed by atoms with E-state index in [1.807, 2.05) is 48.5 Å². The highest BCUT2D eigenvalue weighted by Crippen LogP contribution is 2.27. The van der Waals surface area contributed by atoms with Gasteiger partial charge in [0.15, 0.2) is 0 Å². The Morgan fingerprint density at radius 1 is 0.867 bits per heavy atom. The van der Waals surface area contributed by atoms with Gasteiger partial charge in [0.25, 0.3) is 5.91 Å². The number of benzene rings is 4. The SMILES string of the molecule is CCN(CC)c1ccc(C(=O)N/N=C\c2c3ccccc3cc3ccccc23)cc1. The van der Waals surface area contributed by atoms with E-state index < -0.39 is 0 Å². The maximum absolute atomic E-state index is 12.5. The van der Waals surface area contributed by atoms with Crippen LogP contribution in [0.4, 0.5) is 5.69 Å². The Bertz CT molecular complexity index is 1150. The van der Waals surface area contributed by atoms with E-state index in [1.165, 1.54) is 0 Å². The average Bonchev–Trinajstić information content (AvgIpc) is 2.79. The molecule has 4 heteroatoms. The van der Waals surface area contributed by atoms with Crippen LogP contribution in [-0.2, 0) is 0 Å². The molecule has 0 aliphatic heterocycles. The van der Waals surface area contributed by atoms with Crippen molar-refractivity contribution in [3.8, 4) is 0 Å². The Kier molecular flexibility index (Phi) is 5.75. The third-order valence-corrected chi connectivity index (χ3v) is 5.43. The average molecular weight is 396 g/mol. The number of carbonyl (C=O) groups is 1. The summed E-state index contributed by atoms with van der Waals surface area (Å²) in [6.07, 6.45) is 1.74. The fourth-order valence-electron chi connectivity index (χ4n) is 3.82. The van der Waals surface area contributed by atoms with E-state index in [9.17, 15) is 4.79 Å². The van der Waals surface area contributed by atoms with Gasteiger partial charge < -0.3 is 4.90 Å². The molecule has 4 rings (SSSR count). The molecule has 0 aromatic heterocycles. The van der Waals surface area contributed by atoms with Gasteiger partial charge in [-0.05, 0) is 65.7 Å². The first-order valence-electron chi connectivity index (χ1n) is 10.3. The van der Waals surface area contributed by atoms with Gasteiger partial charge in [0.05, 0.1) is 6.21 Å². The fourth-order valence-corrected chi connectivity index (χ4v) is 3.82. The number of fused-ring (bicyclic) bond motifs is 2. The van der Waals surface area contributed by atoms with Crippen molar-refractivity contribution in [2.24, 2.45) is 5.10 Å². The topological polar surface area (TPSA) is 44.7 Å². The first-order valence-corrected chi connectivity index (χ1v) is 10.3. The lowest BCUT2D eigenvalue weighted by atomic mass is 9.97. The summed E-state index contributed by atoms with van der Waals surface area (Å²) in [5, 5.41) is 8.79. The third-order valence-electron chi connectivity index (χ3n) is 5.43. The lowest BCUT2D eigenvalue weighted by Crippen LogP contribution is -2.22. The summed E-state index contributed by atoms with van der Waals surface area (Å²) >= 11 is 0. The van der Waals surface area contributed by atoms with Gasteiger partial charge in [0.1, 0.15) is 0 Å². The molecule has 4 aromatic rings. The molecule has 0 heterocycles. The number of nitrogens with zero attached hydrogens (tertiary/aromatic N) is 2. The molecule has 0 saturated heterocycles. The van der Waals surface area contributed by atoms with Crippen LogP contribution in [0.2, 0.25) is 0 Å². The summed E-state index contributed by atoms with van der Waals surface area (Å²) in [4.78, 5) is 14.8. The van der Waals surface area contributed by atoms with Crippen LogP contribution < -0.4 is 10.3 Å². The summed E-state index contributed by atoms with van der Waals surface area (Å²) in [5.74, 6) is -0.220. The largest absolute Gasteiger partial charge is 0.372 e. The second-order valence-electron chi connectivity index (χ2n) is 7.15. The maximum Gasteiger partial charge on any atom is 0.271 e. The van der Waals surface area contributed by atoms with Crippen molar-refractivity contribution in [3.05, 3.63) is 90.0 Å². The van der Waals surface area contributed by atoms with Gasteiger partial charge in [0.2, 0.25) is 0 Å². The molecule has 0 spiro atoms. The summed E-state index contributed by atoms with van der Waals surface area (Å²) in [5.41, 5.74) is 5.37. The molecule has 0 unspecified atom stereocenters. The Morgan fingerprint density at radius 2 is 1.43 bits per heavy atom. The third kappa shape index (κ3) is 3.90. The monoisotopic (exact) mass is 395 g/mol. The number of amides is 1. The molecule has 1 N–H and O–H groups in total. The second kappa shape index (κ2) is 8.78. The molecule has 0 fully saturated rings. The summed E-state index contributed by atoms with van der Waals surface area (Å²) in [6, 6.07) is 26.2. The van der Waals surface area contributed by atoms with E-state index in [-0.39, 0.29) is 5.91 Å². The van der Waals surface area contributed by atoms with Gasteiger partial charge in [-0.2, -0.15) is 5.10 Å². The van der Waals surface area contributed by atoms with Crippen LogP contribution in [0.5, 0.6) is 0 Å². The molecule has 0 aliphatic rings. The molecule has 0 atom stereocenters. The summed E-state index contributed by atoms with van der Waals surface area (Å²) in [7, 11) is 0. The van der Waals surface area contributed by atoms with Crippen molar-refractivity contribution in [2.75, 3.05) is 18.0 Å². The minimum absolute atomic E-state index is 0.220. The van der Waals surface area contributed by atoms with E-state index >= 15 is 0 Å². The van der Waals surface area contributed by atoms with Crippen molar-refractivity contribution in [2.45, 2.75) is 13.8 Å². The maximum atomic E-state index is 12.5. The van der Waals surface area contributed by atoms with Crippen molar-refractivity contribution in [3.63, 3.8) is 0 Å². The van der Waals surface area contributed by atoms with Gasteiger partial charge in [-0.25, -0.2) is 5.43 Å². The first kappa shape index (κ1) is 19.6. The van der Waals surface area contributed by atoms with Crippen LogP contribution in [0.1, 0.15) is 29.8 Å². The van der Waals surface area contributed by atoms with Crippen molar-refractivity contribution in [1.82, 2.24) is 5.43 Å². The predicted octanol–water partition coefficient (Wildman–Crippen LogP) is 5.60. The van der Waals surface area contributed by atoms with E-state index in [1.54, 1.807) is 6.21 Å². The molecular formula is C26H25N3O. The molecule has 0 aliphatic carbocycles. The molecule has 4 aromatic carbocycles. The summed E-state index contributed by atoms with van der Waals surface area (Å²) in [6.45, 7) is 6.11. The normalized spacial score (nSPS) is 11.3. The number of anilines is 1. The Labute approximate surface area is 176 Å². The van der Waals surface area contributed by atoms with Gasteiger partial charge >= 0.3 is 0 Å². The van der Waals surface area contributed by atoms with E-state index in [0.717, 1.165) is 45.9 Å². The lowest BCUT2D eigenvalue weighted by Gasteiger charge is -2.20. The standard InChI is InChI=1S/C26H25N3O/c1-3-29(4-2)22-15-13-19(14-16-22)26(30)28-27-18-25-23-11-7-5-9-20(23)17-21-10-6-8-12-24(21)25/h5-18H,3-4H2,1-2H3,(H,28,30)/b27-18-. The van der Waals surface area contributed by atoms with Gasteiger partial charge in [-0.1, -0.05) is 48.5 Å². The van der Waals surface area contributed by atoms with E-state index in [0.29, 0.717) is 5.56 Å². The molecule has 0 radical (unpaired) electrons. The quantitative estimate of drug-likeness (QED) is 0.262. The zero-order chi connectivity index (χ0) is 20.9. The van der Waals surface area contributed by atoms with Gasteiger partial charge in [-0.3, -0.25) is 4.79 Å². The number of nitrogens with one attached hydrogen (secondary N) is 1. The molecular weight excluding hydrogens is 370 g/mol. The van der Waals surface area contributed by atoms with Crippen LogP contribution >= 0.6 is 0 Å². The predicted molar refractivity (Wildman–Crippen MR) is 127 cm³/mol. The molecule has 0 saturated carbocycles. The molecule has 150 valence electrons. The highest BCUT2D eigenvalue weighted by atomic mass is 16.2. The number of hydrogen-bond donors (Lipinski definition) is 1. The number of rotatable bonds is 6. The minimum atomic E-state index is -0.220. The highest BCUT2D eigenvalue weighted by molar-refractivity contribution is 6.13. The Hall–Kier alpha value is -3.66. The molecule has 1 amide bonds. The Balaban J connectivity index is 1.58. The van der Waals surface area contributed by atoms with Crippen molar-refractivity contribution < 1.29 is 4.79 Å². The van der Waals surface area contributed by atoms with Gasteiger partial charge in [-0.15, -0.1) is 0 Å². The lowest BCUT2D eigenvalue weighted by molar-refractivity contribution is 0.0955.